The zero-order valence-electron chi connectivity index (χ0n) is 13.7. The van der Waals surface area contributed by atoms with Crippen molar-refractivity contribution in [2.24, 2.45) is 0 Å². The highest BCUT2D eigenvalue weighted by molar-refractivity contribution is 5.92. The van der Waals surface area contributed by atoms with Crippen molar-refractivity contribution in [3.05, 3.63) is 66.0 Å². The first-order chi connectivity index (χ1) is 11.6. The first-order valence-electron chi connectivity index (χ1n) is 7.78. The average Bonchev–Trinajstić information content (AvgIpc) is 3.03. The molecule has 24 heavy (non-hydrogen) atoms. The number of amides is 1. The van der Waals surface area contributed by atoms with Crippen LogP contribution < -0.4 is 5.73 Å². The Labute approximate surface area is 140 Å². The normalized spacial score (nSPS) is 12.6. The Morgan fingerprint density at radius 3 is 2.83 bits per heavy atom. The number of carbonyl (C=O) groups excluding carboxylic acids is 1. The SMILES string of the molecule is CC(c1c[nH]c2ccccc12)N(C)C(=O)/C=C/c1ccc(N)nc1. The second-order valence-electron chi connectivity index (χ2n) is 5.76. The van der Waals surface area contributed by atoms with Gasteiger partial charge in [-0.05, 0) is 42.3 Å². The predicted octanol–water partition coefficient (Wildman–Crippen LogP) is 3.38. The number of likely N-dealkylation sites (N-methyl/N-ethyl adjacent to an activating group) is 1. The summed E-state index contributed by atoms with van der Waals surface area (Å²) in [5, 5.41) is 1.14. The van der Waals surface area contributed by atoms with Crippen LogP contribution in [-0.2, 0) is 4.79 Å². The van der Waals surface area contributed by atoms with Gasteiger partial charge in [-0.2, -0.15) is 0 Å². The largest absolute Gasteiger partial charge is 0.384 e. The summed E-state index contributed by atoms with van der Waals surface area (Å²) in [6.45, 7) is 2.02. The molecule has 0 radical (unpaired) electrons. The summed E-state index contributed by atoms with van der Waals surface area (Å²) in [6.07, 6.45) is 6.90. The van der Waals surface area contributed by atoms with Crippen molar-refractivity contribution < 1.29 is 4.79 Å². The van der Waals surface area contributed by atoms with Gasteiger partial charge in [-0.3, -0.25) is 4.79 Å². The van der Waals surface area contributed by atoms with E-state index >= 15 is 0 Å². The molecule has 3 N–H and O–H groups in total. The molecule has 0 aliphatic rings. The number of H-pyrrole nitrogens is 1. The summed E-state index contributed by atoms with van der Waals surface area (Å²) in [5.41, 5.74) is 8.57. The maximum atomic E-state index is 12.4. The fourth-order valence-electron chi connectivity index (χ4n) is 2.64. The van der Waals surface area contributed by atoms with E-state index in [2.05, 4.69) is 16.0 Å². The minimum Gasteiger partial charge on any atom is -0.384 e. The van der Waals surface area contributed by atoms with Gasteiger partial charge in [0.15, 0.2) is 0 Å². The highest BCUT2D eigenvalue weighted by Crippen LogP contribution is 2.27. The van der Waals surface area contributed by atoms with Gasteiger partial charge < -0.3 is 15.6 Å². The third-order valence-electron chi connectivity index (χ3n) is 4.23. The van der Waals surface area contributed by atoms with Gasteiger partial charge in [0.1, 0.15) is 5.82 Å². The molecule has 3 rings (SSSR count). The van der Waals surface area contributed by atoms with Crippen LogP contribution in [0.1, 0.15) is 24.1 Å². The van der Waals surface area contributed by atoms with Crippen LogP contribution in [0, 0.1) is 0 Å². The van der Waals surface area contributed by atoms with Crippen LogP contribution in [0.25, 0.3) is 17.0 Å². The van der Waals surface area contributed by atoms with Crippen LogP contribution in [0.5, 0.6) is 0 Å². The van der Waals surface area contributed by atoms with Crippen molar-refractivity contribution in [3.8, 4) is 0 Å². The molecule has 5 nitrogen and oxygen atoms in total. The van der Waals surface area contributed by atoms with E-state index in [1.54, 1.807) is 36.4 Å². The lowest BCUT2D eigenvalue weighted by Gasteiger charge is -2.23. The van der Waals surface area contributed by atoms with Crippen LogP contribution in [0.3, 0.4) is 0 Å². The Morgan fingerprint density at radius 1 is 1.29 bits per heavy atom. The number of hydrogen-bond donors (Lipinski definition) is 2. The van der Waals surface area contributed by atoms with Gasteiger partial charge in [-0.25, -0.2) is 4.98 Å². The molecular weight excluding hydrogens is 300 g/mol. The Morgan fingerprint density at radius 2 is 2.08 bits per heavy atom. The van der Waals surface area contributed by atoms with E-state index in [9.17, 15) is 4.79 Å². The molecule has 1 atom stereocenters. The fourth-order valence-corrected chi connectivity index (χ4v) is 2.64. The van der Waals surface area contributed by atoms with Crippen LogP contribution in [0.15, 0.2) is 54.9 Å². The fraction of sp³-hybridized carbons (Fsp3) is 0.158. The van der Waals surface area contributed by atoms with Crippen molar-refractivity contribution in [2.75, 3.05) is 12.8 Å². The van der Waals surface area contributed by atoms with Crippen molar-refractivity contribution in [2.45, 2.75) is 13.0 Å². The monoisotopic (exact) mass is 320 g/mol. The van der Waals surface area contributed by atoms with Crippen molar-refractivity contribution in [1.29, 1.82) is 0 Å². The second kappa shape index (κ2) is 6.58. The van der Waals surface area contributed by atoms with Crippen molar-refractivity contribution >= 4 is 28.7 Å². The molecule has 122 valence electrons. The zero-order valence-corrected chi connectivity index (χ0v) is 13.7. The van der Waals surface area contributed by atoms with E-state index < -0.39 is 0 Å². The van der Waals surface area contributed by atoms with Gasteiger partial charge in [0.25, 0.3) is 0 Å². The Bertz CT molecular complexity index is 880. The lowest BCUT2D eigenvalue weighted by atomic mass is 10.1. The van der Waals surface area contributed by atoms with Crippen LogP contribution in [0.2, 0.25) is 0 Å². The number of rotatable bonds is 4. The number of aromatic nitrogens is 2. The molecule has 1 amide bonds. The summed E-state index contributed by atoms with van der Waals surface area (Å²) in [6, 6.07) is 11.6. The number of pyridine rings is 1. The number of nitrogens with zero attached hydrogens (tertiary/aromatic N) is 2. The van der Waals surface area contributed by atoms with Crippen LogP contribution in [-0.4, -0.2) is 27.8 Å². The molecule has 2 aromatic heterocycles. The number of hydrogen-bond acceptors (Lipinski definition) is 3. The number of fused-ring (bicyclic) bond motifs is 1. The molecule has 0 bridgehead atoms. The molecule has 0 saturated heterocycles. The first-order valence-corrected chi connectivity index (χ1v) is 7.78. The van der Waals surface area contributed by atoms with E-state index in [0.717, 1.165) is 22.0 Å². The number of anilines is 1. The predicted molar refractivity (Wildman–Crippen MR) is 97.2 cm³/mol. The topological polar surface area (TPSA) is 75.0 Å². The zero-order chi connectivity index (χ0) is 17.1. The van der Waals surface area contributed by atoms with Crippen molar-refractivity contribution in [1.82, 2.24) is 14.9 Å². The number of nitrogens with two attached hydrogens (primary N) is 1. The van der Waals surface area contributed by atoms with Crippen LogP contribution >= 0.6 is 0 Å². The summed E-state index contributed by atoms with van der Waals surface area (Å²) in [4.78, 5) is 21.4. The number of carbonyl (C=O) groups is 1. The molecule has 0 spiro atoms. The van der Waals surface area contributed by atoms with Gasteiger partial charge >= 0.3 is 0 Å². The number of aromatic amines is 1. The highest BCUT2D eigenvalue weighted by Gasteiger charge is 2.18. The minimum absolute atomic E-state index is 0.0390. The molecule has 5 heteroatoms. The Hall–Kier alpha value is -3.08. The molecule has 3 aromatic rings. The van der Waals surface area contributed by atoms with Gasteiger partial charge in [0, 0.05) is 36.4 Å². The molecule has 0 saturated carbocycles. The van der Waals surface area contributed by atoms with E-state index in [0.29, 0.717) is 5.82 Å². The standard InChI is InChI=1S/C19H20N4O/c1-13(16-12-21-17-6-4-3-5-15(16)17)23(2)19(24)10-8-14-7-9-18(20)22-11-14/h3-13,21H,1-2H3,(H2,20,22)/b10-8+. The molecule has 0 aliphatic heterocycles. The first kappa shape index (κ1) is 15.8. The second-order valence-corrected chi connectivity index (χ2v) is 5.76. The minimum atomic E-state index is -0.0652. The van der Waals surface area contributed by atoms with E-state index in [4.69, 9.17) is 5.73 Å². The number of benzene rings is 1. The molecule has 1 unspecified atom stereocenters. The average molecular weight is 320 g/mol. The van der Waals surface area contributed by atoms with E-state index in [-0.39, 0.29) is 11.9 Å². The molecule has 1 aromatic carbocycles. The summed E-state index contributed by atoms with van der Waals surface area (Å²) < 4.78 is 0. The summed E-state index contributed by atoms with van der Waals surface area (Å²) in [7, 11) is 1.81. The van der Waals surface area contributed by atoms with E-state index in [1.165, 1.54) is 0 Å². The third-order valence-corrected chi connectivity index (χ3v) is 4.23. The summed E-state index contributed by atoms with van der Waals surface area (Å²) >= 11 is 0. The van der Waals surface area contributed by atoms with Gasteiger partial charge in [-0.1, -0.05) is 18.2 Å². The Kier molecular flexibility index (Phi) is 4.33. The molecule has 2 heterocycles. The molecular formula is C19H20N4O. The lowest BCUT2D eigenvalue weighted by molar-refractivity contribution is -0.126. The maximum absolute atomic E-state index is 12.4. The highest BCUT2D eigenvalue weighted by atomic mass is 16.2. The van der Waals surface area contributed by atoms with Gasteiger partial charge in [-0.15, -0.1) is 0 Å². The number of para-hydroxylation sites is 1. The van der Waals surface area contributed by atoms with E-state index in [1.807, 2.05) is 37.4 Å². The van der Waals surface area contributed by atoms with Crippen LogP contribution in [0.4, 0.5) is 5.82 Å². The maximum Gasteiger partial charge on any atom is 0.246 e. The van der Waals surface area contributed by atoms with Gasteiger partial charge in [0.2, 0.25) is 5.91 Å². The lowest BCUT2D eigenvalue weighted by Crippen LogP contribution is -2.27. The van der Waals surface area contributed by atoms with Gasteiger partial charge in [0.05, 0.1) is 6.04 Å². The smallest absolute Gasteiger partial charge is 0.246 e. The molecule has 0 fully saturated rings. The number of nitrogens with one attached hydrogen (secondary N) is 1. The Balaban J connectivity index is 1.76. The quantitative estimate of drug-likeness (QED) is 0.724. The van der Waals surface area contributed by atoms with Crippen molar-refractivity contribution in [3.63, 3.8) is 0 Å². The third kappa shape index (κ3) is 3.15. The number of nitrogen functional groups attached to an aromatic ring is 1. The molecule has 0 aliphatic carbocycles. The summed E-state index contributed by atoms with van der Waals surface area (Å²) in [5.74, 6) is 0.396.